The number of aliphatic carboxylic acids is 1. The van der Waals surface area contributed by atoms with E-state index in [2.05, 4.69) is 5.32 Å². The van der Waals surface area contributed by atoms with Crippen molar-refractivity contribution in [2.75, 3.05) is 6.54 Å². The predicted octanol–water partition coefficient (Wildman–Crippen LogP) is 2.73. The molecule has 0 saturated heterocycles. The normalized spacial score (nSPS) is 13.1. The maximum Gasteiger partial charge on any atom is 0.310 e. The number of rotatable bonds is 5. The van der Waals surface area contributed by atoms with E-state index in [-0.39, 0.29) is 18.4 Å². The van der Waals surface area contributed by atoms with Crippen LogP contribution in [0.25, 0.3) is 0 Å². The molecule has 1 atom stereocenters. The number of carbonyl (C=O) groups excluding carboxylic acids is 1. The van der Waals surface area contributed by atoms with Gasteiger partial charge < -0.3 is 10.4 Å². The molecule has 1 heterocycles. The van der Waals surface area contributed by atoms with Crippen LogP contribution in [-0.2, 0) is 9.59 Å². The Balaban J connectivity index is 2.59. The number of amides is 1. The van der Waals surface area contributed by atoms with Crippen LogP contribution in [0.5, 0.6) is 0 Å². The highest BCUT2D eigenvalue weighted by Crippen LogP contribution is 2.28. The number of hydrogen-bond donors (Lipinski definition) is 2. The van der Waals surface area contributed by atoms with Gasteiger partial charge >= 0.3 is 5.97 Å². The second-order valence-electron chi connectivity index (χ2n) is 4.77. The zero-order valence-corrected chi connectivity index (χ0v) is 12.1. The van der Waals surface area contributed by atoms with E-state index < -0.39 is 11.4 Å². The van der Waals surface area contributed by atoms with E-state index in [0.29, 0.717) is 4.34 Å². The van der Waals surface area contributed by atoms with Gasteiger partial charge in [0.2, 0.25) is 5.91 Å². The number of carbonyl (C=O) groups is 2. The third kappa shape index (κ3) is 3.71. The molecule has 6 heteroatoms. The maximum atomic E-state index is 11.9. The summed E-state index contributed by atoms with van der Waals surface area (Å²) in [6, 6.07) is 3.55. The van der Waals surface area contributed by atoms with Gasteiger partial charge in [0, 0.05) is 11.4 Å². The standard InChI is InChI=1S/C12H16ClNO3S/c1-7(8-4-5-9(13)18-8)10(15)14-6-12(2,3)11(16)17/h4-5,7H,6H2,1-3H3,(H,14,15)(H,16,17). The Labute approximate surface area is 115 Å². The van der Waals surface area contributed by atoms with Gasteiger partial charge in [-0.05, 0) is 32.9 Å². The van der Waals surface area contributed by atoms with Crippen LogP contribution < -0.4 is 5.32 Å². The zero-order chi connectivity index (χ0) is 13.9. The van der Waals surface area contributed by atoms with Crippen LogP contribution in [0.15, 0.2) is 12.1 Å². The van der Waals surface area contributed by atoms with E-state index in [1.165, 1.54) is 11.3 Å². The molecule has 0 radical (unpaired) electrons. The summed E-state index contributed by atoms with van der Waals surface area (Å²) in [5.41, 5.74) is -0.970. The molecule has 2 N–H and O–H groups in total. The monoisotopic (exact) mass is 289 g/mol. The quantitative estimate of drug-likeness (QED) is 0.876. The first kappa shape index (κ1) is 15.0. The van der Waals surface area contributed by atoms with Crippen molar-refractivity contribution in [3.8, 4) is 0 Å². The number of halogens is 1. The molecule has 18 heavy (non-hydrogen) atoms. The molecule has 1 aromatic rings. The summed E-state index contributed by atoms with van der Waals surface area (Å²) in [5, 5.41) is 11.6. The molecular weight excluding hydrogens is 274 g/mol. The highest BCUT2D eigenvalue weighted by molar-refractivity contribution is 7.16. The Morgan fingerprint density at radius 2 is 2.11 bits per heavy atom. The summed E-state index contributed by atoms with van der Waals surface area (Å²) < 4.78 is 0.635. The lowest BCUT2D eigenvalue weighted by Crippen LogP contribution is -2.40. The maximum absolute atomic E-state index is 11.9. The zero-order valence-electron chi connectivity index (χ0n) is 10.5. The van der Waals surface area contributed by atoms with E-state index >= 15 is 0 Å². The summed E-state index contributed by atoms with van der Waals surface area (Å²) >= 11 is 7.16. The van der Waals surface area contributed by atoms with Crippen molar-refractivity contribution in [3.05, 3.63) is 21.3 Å². The second-order valence-corrected chi connectivity index (χ2v) is 6.52. The minimum Gasteiger partial charge on any atom is -0.481 e. The smallest absolute Gasteiger partial charge is 0.310 e. The van der Waals surface area contributed by atoms with Gasteiger partial charge in [0.25, 0.3) is 0 Å². The van der Waals surface area contributed by atoms with Gasteiger partial charge in [-0.2, -0.15) is 0 Å². The Kier molecular flexibility index (Phi) is 4.76. The lowest BCUT2D eigenvalue weighted by molar-refractivity contribution is -0.146. The molecule has 0 spiro atoms. The summed E-state index contributed by atoms with van der Waals surface area (Å²) in [5.74, 6) is -1.45. The number of hydrogen-bond acceptors (Lipinski definition) is 3. The van der Waals surface area contributed by atoms with Crippen molar-refractivity contribution < 1.29 is 14.7 Å². The fourth-order valence-electron chi connectivity index (χ4n) is 1.23. The molecule has 1 rings (SSSR count). The van der Waals surface area contributed by atoms with Gasteiger partial charge in [0.05, 0.1) is 15.7 Å². The van der Waals surface area contributed by atoms with Crippen LogP contribution in [0.4, 0.5) is 0 Å². The first-order valence-corrected chi connectivity index (χ1v) is 6.70. The van der Waals surface area contributed by atoms with Crippen LogP contribution in [0, 0.1) is 5.41 Å². The fraction of sp³-hybridized carbons (Fsp3) is 0.500. The van der Waals surface area contributed by atoms with Gasteiger partial charge in [-0.3, -0.25) is 9.59 Å². The summed E-state index contributed by atoms with van der Waals surface area (Å²) in [6.07, 6.45) is 0. The molecule has 0 bridgehead atoms. The van der Waals surface area contributed by atoms with E-state index in [1.807, 2.05) is 0 Å². The molecule has 1 amide bonds. The van der Waals surface area contributed by atoms with Crippen LogP contribution >= 0.6 is 22.9 Å². The summed E-state index contributed by atoms with van der Waals surface area (Å²) in [6.45, 7) is 5.01. The molecule has 0 aliphatic rings. The predicted molar refractivity (Wildman–Crippen MR) is 72.2 cm³/mol. The van der Waals surface area contributed by atoms with Crippen LogP contribution in [-0.4, -0.2) is 23.5 Å². The molecule has 0 aromatic carbocycles. The number of nitrogens with one attached hydrogen (secondary N) is 1. The van der Waals surface area contributed by atoms with Gasteiger partial charge in [-0.1, -0.05) is 11.6 Å². The van der Waals surface area contributed by atoms with Crippen LogP contribution in [0.3, 0.4) is 0 Å². The van der Waals surface area contributed by atoms with Crippen LogP contribution in [0.2, 0.25) is 4.34 Å². The van der Waals surface area contributed by atoms with E-state index in [9.17, 15) is 9.59 Å². The van der Waals surface area contributed by atoms with E-state index in [4.69, 9.17) is 16.7 Å². The van der Waals surface area contributed by atoms with E-state index in [0.717, 1.165) is 4.88 Å². The minimum atomic E-state index is -0.970. The van der Waals surface area contributed by atoms with Crippen molar-refractivity contribution >= 4 is 34.8 Å². The van der Waals surface area contributed by atoms with Crippen molar-refractivity contribution in [1.29, 1.82) is 0 Å². The largest absolute Gasteiger partial charge is 0.481 e. The van der Waals surface area contributed by atoms with Crippen molar-refractivity contribution in [3.63, 3.8) is 0 Å². The van der Waals surface area contributed by atoms with Gasteiger partial charge in [0.1, 0.15) is 0 Å². The van der Waals surface area contributed by atoms with Crippen LogP contribution in [0.1, 0.15) is 31.6 Å². The fourth-order valence-corrected chi connectivity index (χ4v) is 2.34. The Morgan fingerprint density at radius 1 is 1.50 bits per heavy atom. The molecule has 0 saturated carbocycles. The summed E-state index contributed by atoms with van der Waals surface area (Å²) in [7, 11) is 0. The Bertz CT molecular complexity index is 456. The molecular formula is C12H16ClNO3S. The molecule has 1 aromatic heterocycles. The molecule has 4 nitrogen and oxygen atoms in total. The van der Waals surface area contributed by atoms with Crippen molar-refractivity contribution in [2.24, 2.45) is 5.41 Å². The highest BCUT2D eigenvalue weighted by Gasteiger charge is 2.28. The van der Waals surface area contributed by atoms with Crippen molar-refractivity contribution in [2.45, 2.75) is 26.7 Å². The lowest BCUT2D eigenvalue weighted by atomic mass is 9.93. The van der Waals surface area contributed by atoms with Gasteiger partial charge in [-0.25, -0.2) is 0 Å². The lowest BCUT2D eigenvalue weighted by Gasteiger charge is -2.20. The molecule has 0 aliphatic carbocycles. The van der Waals surface area contributed by atoms with E-state index in [1.54, 1.807) is 32.9 Å². The third-order valence-corrected chi connectivity index (χ3v) is 4.11. The average molecular weight is 290 g/mol. The minimum absolute atomic E-state index is 0.102. The Hall–Kier alpha value is -1.07. The number of thiophene rings is 1. The van der Waals surface area contributed by atoms with Crippen molar-refractivity contribution in [1.82, 2.24) is 5.32 Å². The third-order valence-electron chi connectivity index (χ3n) is 2.70. The average Bonchev–Trinajstić information content (AvgIpc) is 2.71. The first-order valence-electron chi connectivity index (χ1n) is 5.50. The number of carboxylic acids is 1. The molecule has 100 valence electrons. The van der Waals surface area contributed by atoms with Gasteiger partial charge in [0.15, 0.2) is 0 Å². The topological polar surface area (TPSA) is 66.4 Å². The number of carboxylic acid groups (broad SMARTS) is 1. The summed E-state index contributed by atoms with van der Waals surface area (Å²) in [4.78, 5) is 23.7. The molecule has 1 unspecified atom stereocenters. The van der Waals surface area contributed by atoms with Gasteiger partial charge in [-0.15, -0.1) is 11.3 Å². The Morgan fingerprint density at radius 3 is 2.56 bits per heavy atom. The highest BCUT2D eigenvalue weighted by atomic mass is 35.5. The second kappa shape index (κ2) is 5.71. The first-order chi connectivity index (χ1) is 8.24. The SMILES string of the molecule is CC(C(=O)NCC(C)(C)C(=O)O)c1ccc(Cl)s1. The molecule has 0 aliphatic heterocycles. The molecule has 0 fully saturated rings.